The molecular formula is C12H24IN5O2. The number of rotatable bonds is 5. The van der Waals surface area contributed by atoms with Crippen molar-refractivity contribution >= 4 is 41.8 Å². The molecule has 1 aliphatic carbocycles. The first kappa shape index (κ1) is 18.9. The first-order valence-electron chi connectivity index (χ1n) is 6.35. The standard InChI is InChI=1S/C12H23N5O2.HI/c1-16(2)10(18)7-13-12(15-9-5-6-9)14-8-11(19)17(3)4;/h9H,5-8H2,1-4H3,(H2,13,14,15);1H. The molecule has 7 nitrogen and oxygen atoms in total. The molecule has 0 aromatic heterocycles. The van der Waals surface area contributed by atoms with Gasteiger partial charge in [0.25, 0.3) is 0 Å². The van der Waals surface area contributed by atoms with E-state index in [-0.39, 0.29) is 48.9 Å². The second kappa shape index (κ2) is 8.98. The summed E-state index contributed by atoms with van der Waals surface area (Å²) in [7, 11) is 6.78. The molecule has 0 spiro atoms. The summed E-state index contributed by atoms with van der Waals surface area (Å²) in [6.07, 6.45) is 2.20. The number of hydrogen-bond acceptors (Lipinski definition) is 3. The van der Waals surface area contributed by atoms with E-state index in [0.717, 1.165) is 12.8 Å². The smallest absolute Gasteiger partial charge is 0.243 e. The topological polar surface area (TPSA) is 77.0 Å². The van der Waals surface area contributed by atoms with Gasteiger partial charge in [0.15, 0.2) is 5.96 Å². The Kier molecular flexibility index (Phi) is 8.51. The fraction of sp³-hybridized carbons (Fsp3) is 0.750. The number of nitrogens with zero attached hydrogens (tertiary/aromatic N) is 3. The van der Waals surface area contributed by atoms with E-state index in [1.165, 1.54) is 9.80 Å². The zero-order chi connectivity index (χ0) is 14.4. The van der Waals surface area contributed by atoms with Gasteiger partial charge in [0.05, 0.1) is 6.54 Å². The minimum Gasteiger partial charge on any atom is -0.354 e. The zero-order valence-electron chi connectivity index (χ0n) is 12.5. The summed E-state index contributed by atoms with van der Waals surface area (Å²) in [6, 6.07) is 0.412. The summed E-state index contributed by atoms with van der Waals surface area (Å²) < 4.78 is 0. The highest BCUT2D eigenvalue weighted by Gasteiger charge is 2.22. The van der Waals surface area contributed by atoms with E-state index in [1.807, 2.05) is 0 Å². The molecule has 0 aromatic carbocycles. The van der Waals surface area contributed by atoms with Crippen molar-refractivity contribution in [3.05, 3.63) is 0 Å². The van der Waals surface area contributed by atoms with E-state index in [4.69, 9.17) is 0 Å². The average Bonchev–Trinajstić information content (AvgIpc) is 3.15. The lowest BCUT2D eigenvalue weighted by molar-refractivity contribution is -0.127. The number of nitrogens with one attached hydrogen (secondary N) is 2. The van der Waals surface area contributed by atoms with Gasteiger partial charge in [-0.1, -0.05) is 0 Å². The van der Waals surface area contributed by atoms with Crippen molar-refractivity contribution in [3.63, 3.8) is 0 Å². The molecule has 0 heterocycles. The van der Waals surface area contributed by atoms with Gasteiger partial charge < -0.3 is 20.4 Å². The monoisotopic (exact) mass is 397 g/mol. The van der Waals surface area contributed by atoms with Crippen LogP contribution in [0.2, 0.25) is 0 Å². The summed E-state index contributed by atoms with van der Waals surface area (Å²) >= 11 is 0. The van der Waals surface area contributed by atoms with Crippen molar-refractivity contribution < 1.29 is 9.59 Å². The van der Waals surface area contributed by atoms with Gasteiger partial charge >= 0.3 is 0 Å². The number of hydrogen-bond donors (Lipinski definition) is 2. The van der Waals surface area contributed by atoms with Gasteiger partial charge in [0.1, 0.15) is 6.54 Å². The fourth-order valence-corrected chi connectivity index (χ4v) is 1.18. The maximum atomic E-state index is 11.5. The molecule has 1 rings (SSSR count). The third-order valence-corrected chi connectivity index (χ3v) is 2.70. The lowest BCUT2D eigenvalue weighted by atomic mass is 10.5. The normalized spacial score (nSPS) is 14.1. The zero-order valence-corrected chi connectivity index (χ0v) is 14.8. The van der Waals surface area contributed by atoms with Crippen LogP contribution < -0.4 is 10.6 Å². The highest BCUT2D eigenvalue weighted by molar-refractivity contribution is 14.0. The highest BCUT2D eigenvalue weighted by atomic mass is 127. The Hall–Kier alpha value is -1.06. The Morgan fingerprint density at radius 3 is 2.10 bits per heavy atom. The number of guanidine groups is 1. The number of halogens is 1. The maximum Gasteiger partial charge on any atom is 0.243 e. The van der Waals surface area contributed by atoms with Crippen LogP contribution in [-0.2, 0) is 9.59 Å². The fourth-order valence-electron chi connectivity index (χ4n) is 1.18. The first-order chi connectivity index (χ1) is 8.90. The second-order valence-electron chi connectivity index (χ2n) is 5.01. The van der Waals surface area contributed by atoms with Crippen LogP contribution in [0.1, 0.15) is 12.8 Å². The molecule has 2 amide bonds. The van der Waals surface area contributed by atoms with Crippen LogP contribution in [0.25, 0.3) is 0 Å². The molecule has 0 saturated heterocycles. The Balaban J connectivity index is 0.00000361. The number of amides is 2. The van der Waals surface area contributed by atoms with E-state index in [9.17, 15) is 9.59 Å². The summed E-state index contributed by atoms with van der Waals surface area (Å²) in [5.41, 5.74) is 0. The van der Waals surface area contributed by atoms with Crippen LogP contribution in [0.4, 0.5) is 0 Å². The predicted molar refractivity (Wildman–Crippen MR) is 89.3 cm³/mol. The minimum atomic E-state index is -0.0733. The van der Waals surface area contributed by atoms with Crippen molar-refractivity contribution in [2.24, 2.45) is 4.99 Å². The van der Waals surface area contributed by atoms with Crippen LogP contribution in [-0.4, -0.2) is 74.9 Å². The third-order valence-electron chi connectivity index (χ3n) is 2.70. The van der Waals surface area contributed by atoms with Gasteiger partial charge in [-0.2, -0.15) is 0 Å². The van der Waals surface area contributed by atoms with Gasteiger partial charge in [-0.3, -0.25) is 9.59 Å². The van der Waals surface area contributed by atoms with Gasteiger partial charge in [0, 0.05) is 34.2 Å². The summed E-state index contributed by atoms with van der Waals surface area (Å²) in [4.78, 5) is 30.2. The molecule has 1 fully saturated rings. The second-order valence-corrected chi connectivity index (χ2v) is 5.01. The molecule has 0 unspecified atom stereocenters. The largest absolute Gasteiger partial charge is 0.354 e. The Morgan fingerprint density at radius 1 is 1.10 bits per heavy atom. The molecule has 20 heavy (non-hydrogen) atoms. The van der Waals surface area contributed by atoms with E-state index >= 15 is 0 Å². The summed E-state index contributed by atoms with van der Waals surface area (Å²) in [6.45, 7) is 0.243. The third kappa shape index (κ3) is 7.51. The van der Waals surface area contributed by atoms with Crippen LogP contribution in [0.3, 0.4) is 0 Å². The molecule has 0 aliphatic heterocycles. The van der Waals surface area contributed by atoms with Crippen LogP contribution in [0, 0.1) is 0 Å². The van der Waals surface area contributed by atoms with Gasteiger partial charge in [-0.15, -0.1) is 24.0 Å². The number of carbonyl (C=O) groups excluding carboxylic acids is 2. The Labute approximate surface area is 137 Å². The molecule has 116 valence electrons. The number of aliphatic imine (C=N–C) groups is 1. The summed E-state index contributed by atoms with van der Waals surface area (Å²) in [5, 5.41) is 6.12. The van der Waals surface area contributed by atoms with E-state index < -0.39 is 0 Å². The lowest BCUT2D eigenvalue weighted by Crippen LogP contribution is -2.44. The van der Waals surface area contributed by atoms with E-state index in [1.54, 1.807) is 28.2 Å². The van der Waals surface area contributed by atoms with E-state index in [2.05, 4.69) is 15.6 Å². The van der Waals surface area contributed by atoms with Crippen LogP contribution >= 0.6 is 24.0 Å². The first-order valence-corrected chi connectivity index (χ1v) is 6.35. The van der Waals surface area contributed by atoms with Gasteiger partial charge in [-0.05, 0) is 12.8 Å². The van der Waals surface area contributed by atoms with Gasteiger partial charge in [-0.25, -0.2) is 4.99 Å². The maximum absolute atomic E-state index is 11.5. The molecule has 0 atom stereocenters. The molecule has 0 radical (unpaired) electrons. The van der Waals surface area contributed by atoms with Crippen molar-refractivity contribution in [1.82, 2.24) is 20.4 Å². The van der Waals surface area contributed by atoms with Crippen LogP contribution in [0.5, 0.6) is 0 Å². The van der Waals surface area contributed by atoms with Gasteiger partial charge in [0.2, 0.25) is 11.8 Å². The molecule has 0 aromatic rings. The predicted octanol–water partition coefficient (Wildman–Crippen LogP) is -0.522. The quantitative estimate of drug-likeness (QED) is 0.372. The number of carbonyl (C=O) groups is 2. The molecular weight excluding hydrogens is 373 g/mol. The minimum absolute atomic E-state index is 0. The SMILES string of the molecule is CN(C)C(=O)CN=C(NCC(=O)N(C)C)NC1CC1.I. The Bertz CT molecular complexity index is 367. The molecule has 1 aliphatic rings. The van der Waals surface area contributed by atoms with Crippen molar-refractivity contribution in [3.8, 4) is 0 Å². The van der Waals surface area contributed by atoms with E-state index in [0.29, 0.717) is 12.0 Å². The molecule has 0 bridgehead atoms. The van der Waals surface area contributed by atoms with Crippen LogP contribution in [0.15, 0.2) is 4.99 Å². The average molecular weight is 397 g/mol. The lowest BCUT2D eigenvalue weighted by Gasteiger charge is -2.15. The molecule has 8 heteroatoms. The summed E-state index contributed by atoms with van der Waals surface area (Å²) in [5.74, 6) is 0.410. The van der Waals surface area contributed by atoms with Crippen molar-refractivity contribution in [1.29, 1.82) is 0 Å². The van der Waals surface area contributed by atoms with Crippen molar-refractivity contribution in [2.75, 3.05) is 41.3 Å². The molecule has 1 saturated carbocycles. The van der Waals surface area contributed by atoms with Crippen molar-refractivity contribution in [2.45, 2.75) is 18.9 Å². The Morgan fingerprint density at radius 2 is 1.65 bits per heavy atom. The highest BCUT2D eigenvalue weighted by Crippen LogP contribution is 2.18. The number of likely N-dealkylation sites (N-methyl/N-ethyl adjacent to an activating group) is 2. The molecule has 2 N–H and O–H groups in total.